The normalized spacial score (nSPS) is 10.7. The van der Waals surface area contributed by atoms with Gasteiger partial charge in [0.2, 0.25) is 0 Å². The van der Waals surface area contributed by atoms with Gasteiger partial charge < -0.3 is 10.1 Å². The zero-order chi connectivity index (χ0) is 19.4. The third-order valence-corrected chi connectivity index (χ3v) is 4.56. The van der Waals surface area contributed by atoms with Crippen LogP contribution in [0.5, 0.6) is 5.75 Å². The Kier molecular flexibility index (Phi) is 6.04. The molecule has 27 heavy (non-hydrogen) atoms. The molecule has 1 amide bonds. The molecule has 140 valence electrons. The van der Waals surface area contributed by atoms with Gasteiger partial charge in [-0.3, -0.25) is 9.48 Å². The number of hydrogen-bond donors (Lipinski definition) is 1. The molecule has 0 radical (unpaired) electrons. The van der Waals surface area contributed by atoms with Gasteiger partial charge in [-0.15, -0.1) is 0 Å². The second-order valence-corrected chi connectivity index (χ2v) is 7.00. The molecule has 1 aromatic heterocycles. The Morgan fingerprint density at radius 1 is 1.22 bits per heavy atom. The number of amides is 1. The first kappa shape index (κ1) is 19.3. The van der Waals surface area contributed by atoms with Crippen LogP contribution in [-0.2, 0) is 20.2 Å². The maximum absolute atomic E-state index is 12.4. The van der Waals surface area contributed by atoms with Crippen molar-refractivity contribution >= 4 is 29.1 Å². The van der Waals surface area contributed by atoms with Crippen LogP contribution in [0.1, 0.15) is 27.2 Å². The lowest BCUT2D eigenvalue weighted by atomic mass is 10.1. The third kappa shape index (κ3) is 5.02. The molecule has 5 nitrogen and oxygen atoms in total. The molecule has 0 saturated heterocycles. The van der Waals surface area contributed by atoms with E-state index in [2.05, 4.69) is 10.4 Å². The Balaban J connectivity index is 1.62. The van der Waals surface area contributed by atoms with Gasteiger partial charge in [-0.25, -0.2) is 0 Å². The van der Waals surface area contributed by atoms with Crippen molar-refractivity contribution < 1.29 is 9.53 Å². The van der Waals surface area contributed by atoms with E-state index in [1.54, 1.807) is 35.0 Å². The van der Waals surface area contributed by atoms with Gasteiger partial charge in [0.25, 0.3) is 5.91 Å². The highest BCUT2D eigenvalue weighted by Crippen LogP contribution is 2.28. The molecule has 3 rings (SSSR count). The van der Waals surface area contributed by atoms with Crippen LogP contribution in [0.4, 0.5) is 0 Å². The summed E-state index contributed by atoms with van der Waals surface area (Å²) in [6.45, 7) is 2.64. The molecule has 0 bridgehead atoms. The smallest absolute Gasteiger partial charge is 0.251 e. The molecule has 0 atom stereocenters. The summed E-state index contributed by atoms with van der Waals surface area (Å²) >= 11 is 12.0. The van der Waals surface area contributed by atoms with Crippen LogP contribution in [0, 0.1) is 6.92 Å². The number of aryl methyl sites for hydroxylation is 2. The fraction of sp³-hybridized carbons (Fsp3) is 0.200. The first-order valence-corrected chi connectivity index (χ1v) is 9.12. The molecule has 1 N–H and O–H groups in total. The lowest BCUT2D eigenvalue weighted by Crippen LogP contribution is -2.23. The topological polar surface area (TPSA) is 56.2 Å². The van der Waals surface area contributed by atoms with E-state index < -0.39 is 0 Å². The van der Waals surface area contributed by atoms with Crippen LogP contribution in [0.2, 0.25) is 10.0 Å². The second kappa shape index (κ2) is 8.46. The Labute approximate surface area is 167 Å². The van der Waals surface area contributed by atoms with Gasteiger partial charge in [-0.2, -0.15) is 5.10 Å². The van der Waals surface area contributed by atoms with Gasteiger partial charge in [-0.1, -0.05) is 35.3 Å². The first-order valence-electron chi connectivity index (χ1n) is 8.36. The molecule has 0 aliphatic carbocycles. The number of aromatic nitrogens is 2. The van der Waals surface area contributed by atoms with Crippen molar-refractivity contribution in [2.24, 2.45) is 7.05 Å². The number of carbonyl (C=O) groups excluding carboxylic acids is 1. The summed E-state index contributed by atoms with van der Waals surface area (Å²) in [4.78, 5) is 12.4. The van der Waals surface area contributed by atoms with Gasteiger partial charge in [0.05, 0.1) is 10.7 Å². The van der Waals surface area contributed by atoms with E-state index in [0.717, 1.165) is 16.8 Å². The van der Waals surface area contributed by atoms with Crippen molar-refractivity contribution in [2.75, 3.05) is 0 Å². The number of carbonyl (C=O) groups is 1. The van der Waals surface area contributed by atoms with Gasteiger partial charge in [0.15, 0.2) is 0 Å². The summed E-state index contributed by atoms with van der Waals surface area (Å²) in [5.74, 6) is 0.396. The molecule has 0 spiro atoms. The Bertz CT molecular complexity index is 970. The standard InChI is InChI=1S/C20H19Cl2N3O2/c1-13-16(11-25(2)24-13)10-23-20(26)15-5-3-4-14(8-15)12-27-19-7-6-17(21)9-18(19)22/h3-9,11H,10,12H2,1-2H3,(H,23,26). The largest absolute Gasteiger partial charge is 0.487 e. The lowest BCUT2D eigenvalue weighted by molar-refractivity contribution is 0.0950. The maximum atomic E-state index is 12.4. The number of rotatable bonds is 6. The number of nitrogens with zero attached hydrogens (tertiary/aromatic N) is 2. The van der Waals surface area contributed by atoms with E-state index in [-0.39, 0.29) is 5.91 Å². The zero-order valence-electron chi connectivity index (χ0n) is 15.0. The molecule has 0 saturated carbocycles. The summed E-state index contributed by atoms with van der Waals surface area (Å²) < 4.78 is 7.46. The van der Waals surface area contributed by atoms with Gasteiger partial charge in [0, 0.05) is 35.9 Å². The summed E-state index contributed by atoms with van der Waals surface area (Å²) in [5, 5.41) is 8.19. The highest BCUT2D eigenvalue weighted by Gasteiger charge is 2.09. The third-order valence-electron chi connectivity index (χ3n) is 4.03. The van der Waals surface area contributed by atoms with Crippen molar-refractivity contribution in [1.29, 1.82) is 0 Å². The van der Waals surface area contributed by atoms with Crippen molar-refractivity contribution in [1.82, 2.24) is 15.1 Å². The highest BCUT2D eigenvalue weighted by atomic mass is 35.5. The van der Waals surface area contributed by atoms with Crippen LogP contribution < -0.4 is 10.1 Å². The van der Waals surface area contributed by atoms with Gasteiger partial charge in [-0.05, 0) is 42.8 Å². The zero-order valence-corrected chi connectivity index (χ0v) is 16.5. The van der Waals surface area contributed by atoms with E-state index >= 15 is 0 Å². The highest BCUT2D eigenvalue weighted by molar-refractivity contribution is 6.35. The molecule has 0 aliphatic heterocycles. The molecule has 3 aromatic rings. The number of benzene rings is 2. The average Bonchev–Trinajstić information content (AvgIpc) is 2.96. The summed E-state index contributed by atoms with van der Waals surface area (Å²) in [7, 11) is 1.86. The van der Waals surface area contributed by atoms with Crippen molar-refractivity contribution in [3.8, 4) is 5.75 Å². The molecular weight excluding hydrogens is 385 g/mol. The minimum absolute atomic E-state index is 0.148. The van der Waals surface area contributed by atoms with Gasteiger partial charge in [0.1, 0.15) is 12.4 Å². The summed E-state index contributed by atoms with van der Waals surface area (Å²) in [5.41, 5.74) is 3.33. The SMILES string of the molecule is Cc1nn(C)cc1CNC(=O)c1cccc(COc2ccc(Cl)cc2Cl)c1. The number of nitrogens with one attached hydrogen (secondary N) is 1. The number of ether oxygens (including phenoxy) is 1. The Hall–Kier alpha value is -2.50. The number of hydrogen-bond acceptors (Lipinski definition) is 3. The van der Waals surface area contributed by atoms with E-state index in [1.807, 2.05) is 32.3 Å². The van der Waals surface area contributed by atoms with Crippen molar-refractivity contribution in [2.45, 2.75) is 20.1 Å². The molecule has 0 aliphatic rings. The molecule has 1 heterocycles. The van der Waals surface area contributed by atoms with E-state index in [9.17, 15) is 4.79 Å². The molecule has 0 unspecified atom stereocenters. The minimum Gasteiger partial charge on any atom is -0.487 e. The molecule has 0 fully saturated rings. The van der Waals surface area contributed by atoms with Crippen LogP contribution in [-0.4, -0.2) is 15.7 Å². The maximum Gasteiger partial charge on any atom is 0.251 e. The predicted octanol–water partition coefficient (Wildman–Crippen LogP) is 4.54. The van der Waals surface area contributed by atoms with E-state index in [4.69, 9.17) is 27.9 Å². The van der Waals surface area contributed by atoms with E-state index in [1.165, 1.54) is 0 Å². The van der Waals surface area contributed by atoms with Crippen LogP contribution >= 0.6 is 23.2 Å². The fourth-order valence-corrected chi connectivity index (χ4v) is 3.12. The van der Waals surface area contributed by atoms with E-state index in [0.29, 0.717) is 34.5 Å². The molecule has 2 aromatic carbocycles. The van der Waals surface area contributed by atoms with Crippen molar-refractivity contribution in [3.63, 3.8) is 0 Å². The summed E-state index contributed by atoms with van der Waals surface area (Å²) in [6.07, 6.45) is 1.90. The Morgan fingerprint density at radius 2 is 2.04 bits per heavy atom. The predicted molar refractivity (Wildman–Crippen MR) is 106 cm³/mol. The Morgan fingerprint density at radius 3 is 2.74 bits per heavy atom. The van der Waals surface area contributed by atoms with Gasteiger partial charge >= 0.3 is 0 Å². The summed E-state index contributed by atoms with van der Waals surface area (Å²) in [6, 6.07) is 12.4. The molecular formula is C20H19Cl2N3O2. The van der Waals surface area contributed by atoms with Crippen LogP contribution in [0.3, 0.4) is 0 Å². The van der Waals surface area contributed by atoms with Crippen LogP contribution in [0.15, 0.2) is 48.7 Å². The first-order chi connectivity index (χ1) is 12.9. The van der Waals surface area contributed by atoms with Crippen molar-refractivity contribution in [3.05, 3.63) is 81.1 Å². The van der Waals surface area contributed by atoms with Crippen LogP contribution in [0.25, 0.3) is 0 Å². The molecule has 7 heteroatoms. The number of halogens is 2. The lowest BCUT2D eigenvalue weighted by Gasteiger charge is -2.10. The second-order valence-electron chi connectivity index (χ2n) is 6.16. The average molecular weight is 404 g/mol. The fourth-order valence-electron chi connectivity index (χ4n) is 2.66. The monoisotopic (exact) mass is 403 g/mol. The quantitative estimate of drug-likeness (QED) is 0.656. The minimum atomic E-state index is -0.148.